The number of nitrogens with two attached hydrogens (primary N) is 1. The average Bonchev–Trinajstić information content (AvgIpc) is 2.75. The second-order valence-corrected chi connectivity index (χ2v) is 7.01. The Morgan fingerprint density at radius 2 is 1.50 bits per heavy atom. The first-order valence-corrected chi connectivity index (χ1v) is 9.26. The molecule has 1 aromatic heterocycles. The predicted octanol–water partition coefficient (Wildman–Crippen LogP) is 3.46. The molecule has 34 heavy (non-hydrogen) atoms. The molecule has 1 aromatic carbocycles. The molecule has 15 heteroatoms. The average molecular weight is 502 g/mol. The van der Waals surface area contributed by atoms with Gasteiger partial charge < -0.3 is 10.6 Å². The molecule has 0 saturated carbocycles. The highest BCUT2D eigenvalue weighted by Gasteiger charge is 2.54. The lowest BCUT2D eigenvalue weighted by Gasteiger charge is -2.37. The van der Waals surface area contributed by atoms with Gasteiger partial charge in [0.05, 0.1) is 0 Å². The van der Waals surface area contributed by atoms with E-state index >= 15 is 0 Å². The molecule has 1 saturated heterocycles. The number of nitrogens with zero attached hydrogens (tertiary/aromatic N) is 3. The Kier molecular flexibility index (Phi) is 8.23. The second-order valence-electron chi connectivity index (χ2n) is 7.01. The Bertz CT molecular complexity index is 1000. The Morgan fingerprint density at radius 3 is 1.97 bits per heavy atom. The molecule has 0 spiro atoms. The summed E-state index contributed by atoms with van der Waals surface area (Å²) in [5, 5.41) is 0. The van der Waals surface area contributed by atoms with Crippen molar-refractivity contribution >= 4 is 17.4 Å². The molecular formula is C19H15F9N4O2. The topological polar surface area (TPSA) is 89.2 Å². The van der Waals surface area contributed by atoms with Gasteiger partial charge in [0.2, 0.25) is 0 Å². The molecular weight excluding hydrogens is 487 g/mol. The molecule has 0 amide bonds. The zero-order valence-corrected chi connectivity index (χ0v) is 16.8. The van der Waals surface area contributed by atoms with Crippen LogP contribution >= 0.6 is 0 Å². The Labute approximate surface area is 185 Å². The van der Waals surface area contributed by atoms with Gasteiger partial charge in [-0.15, -0.1) is 0 Å². The molecule has 2 atom stereocenters. The minimum absolute atomic E-state index is 0.133. The van der Waals surface area contributed by atoms with Gasteiger partial charge in [0, 0.05) is 37.3 Å². The van der Waals surface area contributed by atoms with Gasteiger partial charge in [-0.3, -0.25) is 9.59 Å². The number of carbonyl (C=O) groups is 2. The van der Waals surface area contributed by atoms with E-state index in [2.05, 4.69) is 9.97 Å². The molecule has 2 aromatic rings. The molecule has 1 fully saturated rings. The summed E-state index contributed by atoms with van der Waals surface area (Å²) in [5.74, 6) is -9.42. The summed E-state index contributed by atoms with van der Waals surface area (Å²) in [7, 11) is 0. The van der Waals surface area contributed by atoms with Gasteiger partial charge in [-0.1, -0.05) is 0 Å². The van der Waals surface area contributed by atoms with Crippen molar-refractivity contribution in [1.29, 1.82) is 0 Å². The highest BCUT2D eigenvalue weighted by Crippen LogP contribution is 2.31. The Hall–Kier alpha value is -3.23. The van der Waals surface area contributed by atoms with Crippen LogP contribution in [-0.2, 0) is 9.59 Å². The number of Topliss-reactive ketones (excluding diaryl/α,β-unsaturated/α-hetero) is 2. The molecule has 2 N–H and O–H groups in total. The van der Waals surface area contributed by atoms with Gasteiger partial charge in [0.15, 0.2) is 11.6 Å². The maximum atomic E-state index is 13.9. The quantitative estimate of drug-likeness (QED) is 0.393. The molecule has 2 heterocycles. The van der Waals surface area contributed by atoms with Crippen LogP contribution in [0.5, 0.6) is 0 Å². The summed E-state index contributed by atoms with van der Waals surface area (Å²) < 4.78 is 107. The number of hydrogen-bond donors (Lipinski definition) is 1. The zero-order chi connectivity index (χ0) is 25.8. The van der Waals surface area contributed by atoms with Crippen LogP contribution in [0.3, 0.4) is 0 Å². The van der Waals surface area contributed by atoms with Crippen molar-refractivity contribution in [3.63, 3.8) is 0 Å². The van der Waals surface area contributed by atoms with Gasteiger partial charge >= 0.3 is 23.9 Å². The van der Waals surface area contributed by atoms with Crippen LogP contribution in [0.1, 0.15) is 17.9 Å². The summed E-state index contributed by atoms with van der Waals surface area (Å²) in [5.41, 5.74) is 6.26. The smallest absolute Gasteiger partial charge is 0.355 e. The lowest BCUT2D eigenvalue weighted by molar-refractivity contribution is -0.193. The summed E-state index contributed by atoms with van der Waals surface area (Å²) in [6.45, 7) is 1.06. The highest BCUT2D eigenvalue weighted by molar-refractivity contribution is 6.41. The van der Waals surface area contributed by atoms with E-state index in [9.17, 15) is 49.1 Å². The number of anilines is 1. The van der Waals surface area contributed by atoms with Gasteiger partial charge in [0.1, 0.15) is 18.0 Å². The molecule has 6 nitrogen and oxygen atoms in total. The highest BCUT2D eigenvalue weighted by atomic mass is 19.4. The predicted molar refractivity (Wildman–Crippen MR) is 98.0 cm³/mol. The third-order valence-electron chi connectivity index (χ3n) is 4.71. The van der Waals surface area contributed by atoms with Gasteiger partial charge in [0.25, 0.3) is 0 Å². The Balaban J connectivity index is 0.000000292. The van der Waals surface area contributed by atoms with Crippen molar-refractivity contribution in [2.75, 3.05) is 18.0 Å². The third kappa shape index (κ3) is 6.65. The lowest BCUT2D eigenvalue weighted by Crippen LogP contribution is -2.48. The van der Waals surface area contributed by atoms with E-state index in [1.807, 2.05) is 4.90 Å². The summed E-state index contributed by atoms with van der Waals surface area (Å²) in [6, 6.07) is 2.86. The van der Waals surface area contributed by atoms with Gasteiger partial charge in [-0.2, -0.15) is 26.3 Å². The number of carbonyl (C=O) groups excluding carboxylic acids is 2. The summed E-state index contributed by atoms with van der Waals surface area (Å²) in [4.78, 5) is 29.2. The van der Waals surface area contributed by atoms with Crippen LogP contribution in [0.25, 0.3) is 0 Å². The number of rotatable bonds is 3. The van der Waals surface area contributed by atoms with E-state index in [1.54, 1.807) is 12.3 Å². The van der Waals surface area contributed by atoms with E-state index < -0.39 is 47.4 Å². The molecule has 3 rings (SSSR count). The van der Waals surface area contributed by atoms with Crippen LogP contribution in [-0.4, -0.2) is 53.0 Å². The maximum Gasteiger partial charge on any atom is 0.458 e. The second kappa shape index (κ2) is 10.4. The van der Waals surface area contributed by atoms with Crippen molar-refractivity contribution in [3.8, 4) is 0 Å². The molecule has 0 radical (unpaired) electrons. The van der Waals surface area contributed by atoms with E-state index in [1.165, 1.54) is 6.33 Å². The number of aromatic nitrogens is 2. The maximum absolute atomic E-state index is 13.9. The van der Waals surface area contributed by atoms with Crippen LogP contribution in [0.4, 0.5) is 45.3 Å². The normalized spacial score (nSPS) is 18.7. The number of piperidine rings is 1. The van der Waals surface area contributed by atoms with Crippen molar-refractivity contribution < 1.29 is 49.1 Å². The third-order valence-corrected chi connectivity index (χ3v) is 4.71. The van der Waals surface area contributed by atoms with Gasteiger partial charge in [-0.05, 0) is 24.1 Å². The Morgan fingerprint density at radius 1 is 0.941 bits per heavy atom. The first-order valence-electron chi connectivity index (χ1n) is 9.26. The molecule has 0 aliphatic carbocycles. The monoisotopic (exact) mass is 502 g/mol. The van der Waals surface area contributed by atoms with E-state index in [0.29, 0.717) is 25.6 Å². The van der Waals surface area contributed by atoms with Crippen molar-refractivity contribution in [1.82, 2.24) is 9.97 Å². The summed E-state index contributed by atoms with van der Waals surface area (Å²) >= 11 is 0. The van der Waals surface area contributed by atoms with E-state index in [4.69, 9.17) is 5.73 Å². The SMILES string of the molecule is N[C@H]1CN(c2ccncn2)CCC1c1cc(F)c(F)cc1F.O=C(C(=O)C(F)(F)F)C(F)(F)F. The number of benzene rings is 1. The standard InChI is InChI=1S/C15H15F3N4.C4F6O2/c16-11-6-13(18)12(17)5-10(11)9-2-4-22(7-14(9)19)15-1-3-20-8-21-15;5-3(6,7)1(11)2(12)4(8,9)10/h1,3,5-6,8-9,14H,2,4,7,19H2;/t9?,14-;/m0./s1. The number of halogens is 9. The molecule has 1 aliphatic rings. The molecule has 1 aliphatic heterocycles. The van der Waals surface area contributed by atoms with Crippen molar-refractivity contribution in [3.05, 3.63) is 53.7 Å². The first kappa shape index (κ1) is 27.0. The fourth-order valence-corrected chi connectivity index (χ4v) is 3.13. The molecule has 0 bridgehead atoms. The van der Waals surface area contributed by atoms with Crippen LogP contribution in [0.2, 0.25) is 0 Å². The fourth-order valence-electron chi connectivity index (χ4n) is 3.13. The van der Waals surface area contributed by atoms with Crippen molar-refractivity contribution in [2.45, 2.75) is 30.7 Å². The van der Waals surface area contributed by atoms with Crippen LogP contribution in [0.15, 0.2) is 30.7 Å². The zero-order valence-electron chi connectivity index (χ0n) is 16.8. The van der Waals surface area contributed by atoms with E-state index in [-0.39, 0.29) is 11.5 Å². The summed E-state index contributed by atoms with van der Waals surface area (Å²) in [6.07, 6.45) is -7.93. The molecule has 1 unspecified atom stereocenters. The fraction of sp³-hybridized carbons (Fsp3) is 0.368. The largest absolute Gasteiger partial charge is 0.458 e. The molecule has 186 valence electrons. The van der Waals surface area contributed by atoms with E-state index in [0.717, 1.165) is 11.9 Å². The minimum atomic E-state index is -5.77. The lowest BCUT2D eigenvalue weighted by atomic mass is 9.85. The number of ketones is 2. The number of alkyl halides is 6. The minimum Gasteiger partial charge on any atom is -0.355 e. The first-order chi connectivity index (χ1) is 15.6. The van der Waals surface area contributed by atoms with Crippen LogP contribution in [0, 0.1) is 17.5 Å². The van der Waals surface area contributed by atoms with Gasteiger partial charge in [-0.25, -0.2) is 23.1 Å². The number of hydrogen-bond acceptors (Lipinski definition) is 6. The van der Waals surface area contributed by atoms with Crippen molar-refractivity contribution in [2.24, 2.45) is 5.73 Å². The van der Waals surface area contributed by atoms with Crippen LogP contribution < -0.4 is 10.6 Å².